The zero-order valence-electron chi connectivity index (χ0n) is 19.5. The summed E-state index contributed by atoms with van der Waals surface area (Å²) < 4.78 is 27.3. The Morgan fingerprint density at radius 1 is 0.853 bits per heavy atom. The number of hydrogen-bond donors (Lipinski definition) is 1. The predicted molar refractivity (Wildman–Crippen MR) is 134 cm³/mol. The molecule has 0 saturated heterocycles. The highest BCUT2D eigenvalue weighted by molar-refractivity contribution is 7.99. The smallest absolute Gasteiger partial charge is 0.268 e. The summed E-state index contributed by atoms with van der Waals surface area (Å²) in [5.74, 6) is -0.800. The van der Waals surface area contributed by atoms with Crippen LogP contribution in [0.4, 0.5) is 5.69 Å². The van der Waals surface area contributed by atoms with Crippen LogP contribution >= 0.6 is 0 Å². The lowest BCUT2D eigenvalue weighted by atomic mass is 10.1. The molecule has 0 bridgehead atoms. The minimum atomic E-state index is -3.98. The van der Waals surface area contributed by atoms with Crippen molar-refractivity contribution in [1.29, 1.82) is 0 Å². The van der Waals surface area contributed by atoms with Crippen LogP contribution in [-0.4, -0.2) is 24.5 Å². The van der Waals surface area contributed by atoms with Crippen molar-refractivity contribution in [2.24, 2.45) is 0 Å². The molecule has 0 saturated carbocycles. The van der Waals surface area contributed by atoms with E-state index in [9.17, 15) is 18.0 Å². The van der Waals surface area contributed by atoms with Crippen LogP contribution in [0.25, 0.3) is 4.91 Å². The fourth-order valence-electron chi connectivity index (χ4n) is 3.87. The maximum absolute atomic E-state index is 13.2. The van der Waals surface area contributed by atoms with Crippen LogP contribution < -0.4 is 5.32 Å². The largest absolute Gasteiger partial charge is 0.322 e. The first-order valence-corrected chi connectivity index (χ1v) is 12.3. The maximum Gasteiger partial charge on any atom is 0.268 e. The van der Waals surface area contributed by atoms with Gasteiger partial charge in [-0.15, -0.1) is 0 Å². The van der Waals surface area contributed by atoms with Gasteiger partial charge in [0, 0.05) is 16.8 Å². The van der Waals surface area contributed by atoms with E-state index in [4.69, 9.17) is 0 Å². The Hall–Kier alpha value is -3.71. The van der Waals surface area contributed by atoms with Crippen molar-refractivity contribution in [2.45, 2.75) is 34.2 Å². The van der Waals surface area contributed by atoms with Crippen LogP contribution in [0.3, 0.4) is 0 Å². The Labute approximate surface area is 200 Å². The number of hydrogen-bond acceptors (Lipinski definition) is 4. The van der Waals surface area contributed by atoms with Gasteiger partial charge < -0.3 is 5.32 Å². The molecule has 3 aromatic carbocycles. The fourth-order valence-corrected chi connectivity index (χ4v) is 5.68. The first-order valence-electron chi connectivity index (χ1n) is 10.9. The molecule has 4 rings (SSSR count). The van der Waals surface area contributed by atoms with Gasteiger partial charge in [0.25, 0.3) is 21.8 Å². The van der Waals surface area contributed by atoms with E-state index in [-0.39, 0.29) is 22.9 Å². The number of benzene rings is 3. The Morgan fingerprint density at radius 2 is 1.50 bits per heavy atom. The molecule has 1 aliphatic heterocycles. The summed E-state index contributed by atoms with van der Waals surface area (Å²) in [5, 5.41) is 2.87. The average Bonchev–Trinajstić information content (AvgIpc) is 2.96. The molecular weight excluding hydrogens is 448 g/mol. The lowest BCUT2D eigenvalue weighted by Crippen LogP contribution is -2.30. The molecule has 0 aromatic heterocycles. The normalized spacial score (nSPS) is 15.1. The second-order valence-electron chi connectivity index (χ2n) is 8.59. The zero-order valence-corrected chi connectivity index (χ0v) is 20.4. The van der Waals surface area contributed by atoms with Crippen LogP contribution in [0, 0.1) is 20.8 Å². The Kier molecular flexibility index (Phi) is 6.15. The number of amides is 2. The third-order valence-corrected chi connectivity index (χ3v) is 7.99. The van der Waals surface area contributed by atoms with Crippen molar-refractivity contribution >= 4 is 32.4 Å². The van der Waals surface area contributed by atoms with Crippen molar-refractivity contribution in [3.8, 4) is 0 Å². The summed E-state index contributed by atoms with van der Waals surface area (Å²) in [6.07, 6.45) is 0. The van der Waals surface area contributed by atoms with Gasteiger partial charge in [-0.3, -0.25) is 9.59 Å². The minimum absolute atomic E-state index is 0.0434. The Bertz CT molecular complexity index is 1420. The molecule has 174 valence electrons. The van der Waals surface area contributed by atoms with Crippen molar-refractivity contribution in [3.63, 3.8) is 0 Å². The van der Waals surface area contributed by atoms with E-state index in [1.54, 1.807) is 36.4 Å². The Balaban J connectivity index is 1.51. The quantitative estimate of drug-likeness (QED) is 0.566. The fraction of sp³-hybridized carbons (Fsp3) is 0.185. The minimum Gasteiger partial charge on any atom is -0.322 e. The summed E-state index contributed by atoms with van der Waals surface area (Å²) in [4.78, 5) is 25.5. The van der Waals surface area contributed by atoms with E-state index in [0.29, 0.717) is 22.4 Å². The number of anilines is 1. The average molecular weight is 475 g/mol. The molecule has 0 aliphatic carbocycles. The van der Waals surface area contributed by atoms with Gasteiger partial charge in [0.1, 0.15) is 4.91 Å². The van der Waals surface area contributed by atoms with Crippen molar-refractivity contribution in [1.82, 2.24) is 4.31 Å². The summed E-state index contributed by atoms with van der Waals surface area (Å²) >= 11 is 0. The van der Waals surface area contributed by atoms with Gasteiger partial charge in [0.05, 0.1) is 6.54 Å². The molecule has 6 nitrogen and oxygen atoms in total. The number of nitrogens with zero attached hydrogens (tertiary/aromatic N) is 1. The second kappa shape index (κ2) is 8.91. The number of aryl methyl sites for hydroxylation is 3. The number of nitrogens with one attached hydrogen (secondary N) is 1. The van der Waals surface area contributed by atoms with E-state index >= 15 is 0 Å². The monoisotopic (exact) mass is 474 g/mol. The maximum atomic E-state index is 13.2. The third-order valence-electron chi connectivity index (χ3n) is 6.06. The van der Waals surface area contributed by atoms with E-state index in [1.165, 1.54) is 6.92 Å². The van der Waals surface area contributed by atoms with Gasteiger partial charge in [-0.05, 0) is 74.2 Å². The molecule has 7 heteroatoms. The van der Waals surface area contributed by atoms with E-state index in [1.807, 2.05) is 51.1 Å². The molecule has 0 spiro atoms. The van der Waals surface area contributed by atoms with E-state index in [0.717, 1.165) is 21.0 Å². The van der Waals surface area contributed by atoms with Gasteiger partial charge >= 0.3 is 0 Å². The lowest BCUT2D eigenvalue weighted by Gasteiger charge is -2.17. The highest BCUT2D eigenvalue weighted by Gasteiger charge is 2.42. The third kappa shape index (κ3) is 4.39. The Morgan fingerprint density at radius 3 is 2.12 bits per heavy atom. The van der Waals surface area contributed by atoms with Crippen molar-refractivity contribution in [3.05, 3.63) is 106 Å². The zero-order chi connectivity index (χ0) is 24.6. The van der Waals surface area contributed by atoms with Crippen LogP contribution in [0.15, 0.2) is 72.3 Å². The molecule has 1 aliphatic rings. The number of carbonyl (C=O) groups excluding carboxylic acids is 2. The first-order chi connectivity index (χ1) is 16.1. The standard InChI is InChI=1S/C27H26N2O4S/c1-17-5-10-22(11-6-17)25-20(4)27(31)29(34(25,32)33)16-21-8-12-23(13-9-21)26(30)28-24-14-7-18(2)19(3)15-24/h5-15H,16H2,1-4H3,(H,28,30). The summed E-state index contributed by atoms with van der Waals surface area (Å²) in [6, 6.07) is 19.3. The number of carbonyl (C=O) groups is 2. The van der Waals surface area contributed by atoms with Crippen LogP contribution in [-0.2, 0) is 21.4 Å². The molecule has 2 amide bonds. The molecule has 0 atom stereocenters. The van der Waals surface area contributed by atoms with Crippen LogP contribution in [0.5, 0.6) is 0 Å². The first kappa shape index (κ1) is 23.4. The highest BCUT2D eigenvalue weighted by Crippen LogP contribution is 2.36. The summed E-state index contributed by atoms with van der Waals surface area (Å²) in [5.41, 5.74) is 5.68. The molecule has 1 N–H and O–H groups in total. The number of sulfonamides is 1. The van der Waals surface area contributed by atoms with Crippen LogP contribution in [0.1, 0.15) is 45.1 Å². The van der Waals surface area contributed by atoms with Crippen molar-refractivity contribution < 1.29 is 18.0 Å². The van der Waals surface area contributed by atoms with E-state index in [2.05, 4.69) is 5.32 Å². The molecule has 0 fully saturated rings. The van der Waals surface area contributed by atoms with Gasteiger partial charge in [-0.2, -0.15) is 0 Å². The van der Waals surface area contributed by atoms with E-state index < -0.39 is 15.9 Å². The number of rotatable bonds is 5. The predicted octanol–water partition coefficient (Wildman–Crippen LogP) is 4.97. The second-order valence-corrected chi connectivity index (χ2v) is 10.4. The molecule has 0 unspecified atom stereocenters. The van der Waals surface area contributed by atoms with Gasteiger partial charge in [0.2, 0.25) is 0 Å². The summed E-state index contributed by atoms with van der Waals surface area (Å²) in [6.45, 7) is 7.33. The lowest BCUT2D eigenvalue weighted by molar-refractivity contribution is -0.122. The van der Waals surface area contributed by atoms with Gasteiger partial charge in [-0.1, -0.05) is 48.0 Å². The molecule has 1 heterocycles. The topological polar surface area (TPSA) is 83.6 Å². The van der Waals surface area contributed by atoms with Gasteiger partial charge in [0.15, 0.2) is 0 Å². The molecule has 0 radical (unpaired) electrons. The van der Waals surface area contributed by atoms with Gasteiger partial charge in [-0.25, -0.2) is 12.7 Å². The van der Waals surface area contributed by atoms with Crippen LogP contribution in [0.2, 0.25) is 0 Å². The molecule has 3 aromatic rings. The molecular formula is C27H26N2O4S. The highest BCUT2D eigenvalue weighted by atomic mass is 32.2. The molecule has 34 heavy (non-hydrogen) atoms. The van der Waals surface area contributed by atoms with Crippen molar-refractivity contribution in [2.75, 3.05) is 5.32 Å². The SMILES string of the molecule is CC1=C(c2ccc(C)cc2)S(=O)(=O)N(Cc2ccc(C(=O)Nc3ccc(C)c(C)c3)cc2)C1=O. The summed E-state index contributed by atoms with van der Waals surface area (Å²) in [7, 11) is -3.98.